The highest BCUT2D eigenvalue weighted by Crippen LogP contribution is 2.29. The fraction of sp³-hybridized carbons (Fsp3) is 0.688. The summed E-state index contributed by atoms with van der Waals surface area (Å²) in [4.78, 5) is 29.7. The average molecular weight is 292 g/mol. The summed E-state index contributed by atoms with van der Waals surface area (Å²) in [5.74, 6) is -0.398. The molecule has 1 N–H and O–H groups in total. The topological polar surface area (TPSA) is 70.0 Å². The van der Waals surface area contributed by atoms with Gasteiger partial charge >= 0.3 is 5.97 Å². The van der Waals surface area contributed by atoms with Gasteiger partial charge in [0.05, 0.1) is 0 Å². The maximum Gasteiger partial charge on any atom is 0.326 e. The number of rotatable bonds is 4. The van der Waals surface area contributed by atoms with Crippen molar-refractivity contribution < 1.29 is 14.7 Å². The van der Waals surface area contributed by atoms with E-state index in [0.29, 0.717) is 30.9 Å². The average Bonchev–Trinajstić information content (AvgIpc) is 2.46. The van der Waals surface area contributed by atoms with E-state index in [-0.39, 0.29) is 11.8 Å². The van der Waals surface area contributed by atoms with Crippen molar-refractivity contribution >= 4 is 18.1 Å². The molecule has 1 fully saturated rings. The highest BCUT2D eigenvalue weighted by Gasteiger charge is 2.37. The maximum atomic E-state index is 12.6. The van der Waals surface area contributed by atoms with Crippen molar-refractivity contribution in [2.75, 3.05) is 6.54 Å². The minimum absolute atomic E-state index is 0.152. The summed E-state index contributed by atoms with van der Waals surface area (Å²) in [6.07, 6.45) is 7.61. The third kappa shape index (κ3) is 3.71. The summed E-state index contributed by atoms with van der Waals surface area (Å²) in [6, 6.07) is -0.690. The molecule has 1 amide bonds. The Labute approximate surface area is 125 Å². The van der Waals surface area contributed by atoms with E-state index >= 15 is 0 Å². The fourth-order valence-corrected chi connectivity index (χ4v) is 3.25. The number of carbonyl (C=O) groups excluding carboxylic acids is 1. The van der Waals surface area contributed by atoms with Crippen LogP contribution in [0.4, 0.5) is 0 Å². The van der Waals surface area contributed by atoms with E-state index in [2.05, 4.69) is 11.9 Å². The molecule has 0 bridgehead atoms. The quantitative estimate of drug-likeness (QED) is 0.865. The standard InChI is InChI=1S/C16H24N2O3/c1-3-4-12-5-6-18(14(8-12)16(20)21)15(19)13-7-11(2)9-17-10-13/h9-12,14H,3-8H2,1-2H3,(H,20,21). The van der Waals surface area contributed by atoms with Crippen molar-refractivity contribution in [2.24, 2.45) is 16.8 Å². The molecular weight excluding hydrogens is 268 g/mol. The van der Waals surface area contributed by atoms with Crippen LogP contribution in [0.15, 0.2) is 16.8 Å². The van der Waals surface area contributed by atoms with Gasteiger partial charge < -0.3 is 10.0 Å². The van der Waals surface area contributed by atoms with Crippen LogP contribution < -0.4 is 0 Å². The molecular formula is C16H24N2O3. The zero-order valence-electron chi connectivity index (χ0n) is 12.8. The number of carboxylic acids is 1. The first-order valence-electron chi connectivity index (χ1n) is 7.79. The molecule has 0 aliphatic carbocycles. The van der Waals surface area contributed by atoms with Gasteiger partial charge in [-0.15, -0.1) is 0 Å². The summed E-state index contributed by atoms with van der Waals surface area (Å²) >= 11 is 0. The molecule has 5 heteroatoms. The Morgan fingerprint density at radius 3 is 2.86 bits per heavy atom. The molecule has 2 rings (SSSR count). The van der Waals surface area contributed by atoms with Crippen LogP contribution >= 0.6 is 0 Å². The van der Waals surface area contributed by atoms with Crippen molar-refractivity contribution in [3.05, 3.63) is 11.8 Å². The third-order valence-corrected chi connectivity index (χ3v) is 4.34. The Kier molecular flexibility index (Phi) is 5.15. The molecule has 2 heterocycles. The highest BCUT2D eigenvalue weighted by molar-refractivity contribution is 5.97. The summed E-state index contributed by atoms with van der Waals surface area (Å²) in [5.41, 5.74) is 0.630. The van der Waals surface area contributed by atoms with Gasteiger partial charge in [0, 0.05) is 24.5 Å². The fourth-order valence-electron chi connectivity index (χ4n) is 3.25. The van der Waals surface area contributed by atoms with Gasteiger partial charge in [-0.2, -0.15) is 0 Å². The smallest absolute Gasteiger partial charge is 0.326 e. The van der Waals surface area contributed by atoms with Crippen LogP contribution in [0.3, 0.4) is 0 Å². The first-order valence-corrected chi connectivity index (χ1v) is 7.79. The Morgan fingerprint density at radius 2 is 2.24 bits per heavy atom. The molecule has 3 atom stereocenters. The molecule has 0 aromatic carbocycles. The minimum atomic E-state index is -0.892. The number of hydrogen-bond acceptors (Lipinski definition) is 3. The number of aliphatic carboxylic acids is 1. The van der Waals surface area contributed by atoms with Crippen LogP contribution in [0.2, 0.25) is 0 Å². The monoisotopic (exact) mass is 292 g/mol. The van der Waals surface area contributed by atoms with Crippen molar-refractivity contribution in [3.8, 4) is 0 Å². The zero-order chi connectivity index (χ0) is 15.4. The molecule has 116 valence electrons. The summed E-state index contributed by atoms with van der Waals surface area (Å²) in [5, 5.41) is 9.45. The molecule has 0 saturated carbocycles. The number of aliphatic imine (C=N–C) groups is 1. The van der Waals surface area contributed by atoms with E-state index in [9.17, 15) is 14.7 Å². The lowest BCUT2D eigenvalue weighted by Crippen LogP contribution is -2.50. The Morgan fingerprint density at radius 1 is 1.48 bits per heavy atom. The summed E-state index contributed by atoms with van der Waals surface area (Å²) < 4.78 is 0. The van der Waals surface area contributed by atoms with Gasteiger partial charge in [-0.1, -0.05) is 26.7 Å². The molecule has 21 heavy (non-hydrogen) atoms. The van der Waals surface area contributed by atoms with Gasteiger partial charge in [0.2, 0.25) is 0 Å². The van der Waals surface area contributed by atoms with E-state index in [1.165, 1.54) is 4.90 Å². The number of hydrogen-bond donors (Lipinski definition) is 1. The molecule has 2 aliphatic heterocycles. The number of amides is 1. The Balaban J connectivity index is 2.10. The van der Waals surface area contributed by atoms with E-state index in [1.807, 2.05) is 13.1 Å². The second-order valence-corrected chi connectivity index (χ2v) is 6.17. The minimum Gasteiger partial charge on any atom is -0.480 e. The molecule has 0 aromatic heterocycles. The molecule has 0 spiro atoms. The van der Waals surface area contributed by atoms with E-state index < -0.39 is 12.0 Å². The lowest BCUT2D eigenvalue weighted by atomic mass is 9.86. The van der Waals surface area contributed by atoms with Gasteiger partial charge in [-0.3, -0.25) is 9.79 Å². The number of likely N-dealkylation sites (tertiary alicyclic amines) is 1. The maximum absolute atomic E-state index is 12.6. The largest absolute Gasteiger partial charge is 0.480 e. The first-order chi connectivity index (χ1) is 10.0. The van der Waals surface area contributed by atoms with Gasteiger partial charge in [0.15, 0.2) is 0 Å². The van der Waals surface area contributed by atoms with Crippen LogP contribution in [0.5, 0.6) is 0 Å². The van der Waals surface area contributed by atoms with Crippen molar-refractivity contribution in [1.82, 2.24) is 4.90 Å². The van der Waals surface area contributed by atoms with Gasteiger partial charge in [-0.25, -0.2) is 4.79 Å². The third-order valence-electron chi connectivity index (χ3n) is 4.34. The normalized spacial score (nSPS) is 29.1. The highest BCUT2D eigenvalue weighted by atomic mass is 16.4. The molecule has 0 aromatic rings. The molecule has 5 nitrogen and oxygen atoms in total. The molecule has 0 radical (unpaired) electrons. The summed E-state index contributed by atoms with van der Waals surface area (Å²) in [6.45, 7) is 4.65. The first kappa shape index (κ1) is 15.7. The predicted molar refractivity (Wildman–Crippen MR) is 81.1 cm³/mol. The van der Waals surface area contributed by atoms with Crippen LogP contribution in [-0.4, -0.2) is 40.7 Å². The Hall–Kier alpha value is -1.65. The predicted octanol–water partition coefficient (Wildman–Crippen LogP) is 2.47. The van der Waals surface area contributed by atoms with Crippen molar-refractivity contribution in [2.45, 2.75) is 52.0 Å². The van der Waals surface area contributed by atoms with Crippen LogP contribution in [0.25, 0.3) is 0 Å². The number of carbonyl (C=O) groups is 2. The SMILES string of the molecule is CCCC1CCN(C(=O)C2=CN=CC(C)C2)C(C(=O)O)C1. The number of carboxylic acid groups (broad SMARTS) is 1. The van der Waals surface area contributed by atoms with Crippen molar-refractivity contribution in [3.63, 3.8) is 0 Å². The second kappa shape index (κ2) is 6.87. The summed E-state index contributed by atoms with van der Waals surface area (Å²) in [7, 11) is 0. The van der Waals surface area contributed by atoms with Crippen LogP contribution in [0, 0.1) is 11.8 Å². The van der Waals surface area contributed by atoms with Gasteiger partial charge in [-0.05, 0) is 31.1 Å². The molecule has 2 aliphatic rings. The van der Waals surface area contributed by atoms with E-state index in [0.717, 1.165) is 19.3 Å². The van der Waals surface area contributed by atoms with Crippen LogP contribution in [-0.2, 0) is 9.59 Å². The van der Waals surface area contributed by atoms with E-state index in [1.54, 1.807) is 6.20 Å². The Bertz CT molecular complexity index is 470. The van der Waals surface area contributed by atoms with Crippen molar-refractivity contribution in [1.29, 1.82) is 0 Å². The number of nitrogens with zero attached hydrogens (tertiary/aromatic N) is 2. The van der Waals surface area contributed by atoms with Gasteiger partial charge in [0.25, 0.3) is 5.91 Å². The zero-order valence-corrected chi connectivity index (χ0v) is 12.8. The lowest BCUT2D eigenvalue weighted by Gasteiger charge is -2.38. The number of piperidine rings is 1. The van der Waals surface area contributed by atoms with E-state index in [4.69, 9.17) is 0 Å². The van der Waals surface area contributed by atoms with Gasteiger partial charge in [0.1, 0.15) is 6.04 Å². The molecule has 1 saturated heterocycles. The second-order valence-electron chi connectivity index (χ2n) is 6.17. The molecule has 3 unspecified atom stereocenters. The van der Waals surface area contributed by atoms with Crippen LogP contribution in [0.1, 0.15) is 46.0 Å². The lowest BCUT2D eigenvalue weighted by molar-refractivity contribution is -0.151.